The number of anilines is 1. The number of carbonyl (C=O) groups is 2. The fourth-order valence-corrected chi connectivity index (χ4v) is 5.97. The molecule has 0 fully saturated rings. The number of ether oxygens (including phenoxy) is 2. The predicted molar refractivity (Wildman–Crippen MR) is 160 cm³/mol. The Morgan fingerprint density at radius 2 is 1.66 bits per heavy atom. The summed E-state index contributed by atoms with van der Waals surface area (Å²) in [6.07, 6.45) is 0. The van der Waals surface area contributed by atoms with Gasteiger partial charge in [0, 0.05) is 29.2 Å². The summed E-state index contributed by atoms with van der Waals surface area (Å²) in [5, 5.41) is 3.43. The van der Waals surface area contributed by atoms with E-state index in [1.807, 2.05) is 6.92 Å². The number of likely N-dealkylation sites (N-methyl/N-ethyl adjacent to an activating group) is 1. The van der Waals surface area contributed by atoms with Crippen LogP contribution < -0.4 is 19.1 Å². The van der Waals surface area contributed by atoms with Crippen LogP contribution in [0, 0.1) is 6.92 Å². The van der Waals surface area contributed by atoms with Gasteiger partial charge in [0.05, 0.1) is 24.8 Å². The molecule has 0 heterocycles. The number of halogens is 2. The van der Waals surface area contributed by atoms with Gasteiger partial charge >= 0.3 is 0 Å². The number of sulfonamides is 1. The van der Waals surface area contributed by atoms with E-state index in [0.29, 0.717) is 27.9 Å². The van der Waals surface area contributed by atoms with Gasteiger partial charge in [-0.05, 0) is 62.7 Å². The van der Waals surface area contributed by atoms with Gasteiger partial charge in [0.15, 0.2) is 0 Å². The number of benzene rings is 3. The van der Waals surface area contributed by atoms with E-state index in [1.54, 1.807) is 50.2 Å². The molecule has 0 aliphatic rings. The summed E-state index contributed by atoms with van der Waals surface area (Å²) < 4.78 is 39.9. The second-order valence-electron chi connectivity index (χ2n) is 9.19. The first-order chi connectivity index (χ1) is 19.4. The maximum Gasteiger partial charge on any atom is 0.264 e. The summed E-state index contributed by atoms with van der Waals surface area (Å²) in [5.74, 6) is -0.482. The third-order valence-corrected chi connectivity index (χ3v) is 8.78. The van der Waals surface area contributed by atoms with Crippen LogP contribution >= 0.6 is 23.2 Å². The van der Waals surface area contributed by atoms with E-state index in [1.165, 1.54) is 43.4 Å². The highest BCUT2D eigenvalue weighted by molar-refractivity contribution is 7.92. The molecule has 9 nitrogen and oxygen atoms in total. The second kappa shape index (κ2) is 13.9. The molecule has 2 amide bonds. The molecule has 0 unspecified atom stereocenters. The average Bonchev–Trinajstić information content (AvgIpc) is 2.95. The van der Waals surface area contributed by atoms with Crippen LogP contribution in [0.25, 0.3) is 0 Å². The summed E-state index contributed by atoms with van der Waals surface area (Å²) in [6, 6.07) is 14.8. The number of rotatable bonds is 12. The Hall–Kier alpha value is -3.47. The summed E-state index contributed by atoms with van der Waals surface area (Å²) in [7, 11) is -1.45. The van der Waals surface area contributed by atoms with Crippen LogP contribution in [0.1, 0.15) is 25.0 Å². The SMILES string of the molecule is CCNC(=O)[C@@H](C)N(Cc1ccc(Cl)cc1Cl)C(=O)CN(c1cc(OC)ccc1OC)S(=O)(=O)c1ccc(C)cc1. The fourth-order valence-electron chi connectivity index (χ4n) is 4.08. The first kappa shape index (κ1) is 32.0. The van der Waals surface area contributed by atoms with Crippen LogP contribution in [-0.4, -0.2) is 58.5 Å². The number of amides is 2. The lowest BCUT2D eigenvalue weighted by Gasteiger charge is -2.32. The van der Waals surface area contributed by atoms with Crippen LogP contribution in [0.3, 0.4) is 0 Å². The third-order valence-electron chi connectivity index (χ3n) is 6.42. The molecule has 0 spiro atoms. The minimum Gasteiger partial charge on any atom is -0.497 e. The molecule has 41 heavy (non-hydrogen) atoms. The highest BCUT2D eigenvalue weighted by atomic mass is 35.5. The van der Waals surface area contributed by atoms with Gasteiger partial charge in [0.1, 0.15) is 24.1 Å². The Bertz CT molecular complexity index is 1500. The molecule has 0 aliphatic heterocycles. The minimum absolute atomic E-state index is 0.0233. The van der Waals surface area contributed by atoms with Crippen molar-refractivity contribution in [1.82, 2.24) is 10.2 Å². The van der Waals surface area contributed by atoms with Gasteiger partial charge in [-0.2, -0.15) is 0 Å². The standard InChI is InChI=1S/C29H33Cl2N3O6S/c1-6-32-29(36)20(3)33(17-21-9-10-22(30)15-25(21)31)28(35)18-34(26-16-23(39-4)11-14-27(26)40-5)41(37,38)24-12-7-19(2)8-13-24/h7-16,20H,6,17-18H2,1-5H3,(H,32,36)/t20-/m1/s1. The number of aryl methyl sites for hydroxylation is 1. The Balaban J connectivity index is 2.14. The molecular formula is C29H33Cl2N3O6S. The second-order valence-corrected chi connectivity index (χ2v) is 11.9. The van der Waals surface area contributed by atoms with Crippen molar-refractivity contribution in [2.24, 2.45) is 0 Å². The first-order valence-electron chi connectivity index (χ1n) is 12.8. The van der Waals surface area contributed by atoms with Crippen molar-refractivity contribution in [2.45, 2.75) is 38.3 Å². The molecule has 0 aliphatic carbocycles. The lowest BCUT2D eigenvalue weighted by molar-refractivity contribution is -0.139. The van der Waals surface area contributed by atoms with Gasteiger partial charge in [-0.1, -0.05) is 47.0 Å². The Labute approximate surface area is 251 Å². The maximum atomic E-state index is 14.1. The maximum absolute atomic E-state index is 14.1. The Morgan fingerprint density at radius 1 is 0.976 bits per heavy atom. The topological polar surface area (TPSA) is 105 Å². The van der Waals surface area contributed by atoms with Gasteiger partial charge in [-0.3, -0.25) is 13.9 Å². The van der Waals surface area contributed by atoms with Crippen LogP contribution in [0.2, 0.25) is 10.0 Å². The van der Waals surface area contributed by atoms with Gasteiger partial charge in [-0.15, -0.1) is 0 Å². The Morgan fingerprint density at radius 3 is 2.24 bits per heavy atom. The van der Waals surface area contributed by atoms with E-state index in [4.69, 9.17) is 32.7 Å². The van der Waals surface area contributed by atoms with E-state index in [9.17, 15) is 18.0 Å². The molecule has 0 saturated carbocycles. The minimum atomic E-state index is -4.29. The fraction of sp³-hybridized carbons (Fsp3) is 0.310. The third kappa shape index (κ3) is 7.63. The van der Waals surface area contributed by atoms with E-state index in [2.05, 4.69) is 5.32 Å². The highest BCUT2D eigenvalue weighted by Crippen LogP contribution is 2.36. The first-order valence-corrected chi connectivity index (χ1v) is 14.9. The van der Waals surface area contributed by atoms with E-state index in [-0.39, 0.29) is 22.9 Å². The van der Waals surface area contributed by atoms with E-state index >= 15 is 0 Å². The van der Waals surface area contributed by atoms with E-state index < -0.39 is 34.4 Å². The monoisotopic (exact) mass is 621 g/mol. The lowest BCUT2D eigenvalue weighted by atomic mass is 10.1. The zero-order chi connectivity index (χ0) is 30.3. The molecular weight excluding hydrogens is 589 g/mol. The van der Waals surface area contributed by atoms with Crippen molar-refractivity contribution in [2.75, 3.05) is 31.6 Å². The molecule has 3 aromatic rings. The van der Waals surface area contributed by atoms with Crippen molar-refractivity contribution < 1.29 is 27.5 Å². The number of nitrogens with zero attached hydrogens (tertiary/aromatic N) is 2. The molecule has 3 rings (SSSR count). The average molecular weight is 623 g/mol. The van der Waals surface area contributed by atoms with Gasteiger partial charge < -0.3 is 19.7 Å². The molecule has 0 radical (unpaired) electrons. The van der Waals surface area contributed by atoms with Crippen molar-refractivity contribution in [1.29, 1.82) is 0 Å². The molecule has 0 aromatic heterocycles. The summed E-state index contributed by atoms with van der Waals surface area (Å²) in [4.78, 5) is 28.2. The predicted octanol–water partition coefficient (Wildman–Crippen LogP) is 5.07. The molecule has 220 valence electrons. The molecule has 12 heteroatoms. The van der Waals surface area contributed by atoms with Gasteiger partial charge in [-0.25, -0.2) is 8.42 Å². The van der Waals surface area contributed by atoms with Gasteiger partial charge in [0.2, 0.25) is 11.8 Å². The quantitative estimate of drug-likeness (QED) is 0.303. The molecule has 0 saturated heterocycles. The number of carbonyl (C=O) groups excluding carboxylic acids is 2. The van der Waals surface area contributed by atoms with Gasteiger partial charge in [0.25, 0.3) is 10.0 Å². The van der Waals surface area contributed by atoms with Crippen LogP contribution in [0.15, 0.2) is 65.6 Å². The summed E-state index contributed by atoms with van der Waals surface area (Å²) >= 11 is 12.5. The lowest BCUT2D eigenvalue weighted by Crippen LogP contribution is -2.51. The smallest absolute Gasteiger partial charge is 0.264 e. The summed E-state index contributed by atoms with van der Waals surface area (Å²) in [5.41, 5.74) is 1.50. The molecule has 1 atom stereocenters. The number of hydrogen-bond donors (Lipinski definition) is 1. The number of nitrogens with one attached hydrogen (secondary N) is 1. The zero-order valence-electron chi connectivity index (χ0n) is 23.5. The highest BCUT2D eigenvalue weighted by Gasteiger charge is 2.34. The molecule has 3 aromatic carbocycles. The Kier molecular flexibility index (Phi) is 10.9. The largest absolute Gasteiger partial charge is 0.497 e. The van der Waals surface area contributed by atoms with Crippen LogP contribution in [0.5, 0.6) is 11.5 Å². The van der Waals surface area contributed by atoms with Crippen molar-refractivity contribution in [3.05, 3.63) is 81.8 Å². The van der Waals surface area contributed by atoms with Crippen molar-refractivity contribution in [3.63, 3.8) is 0 Å². The van der Waals surface area contributed by atoms with E-state index in [0.717, 1.165) is 9.87 Å². The summed E-state index contributed by atoms with van der Waals surface area (Å²) in [6.45, 7) is 4.80. The van der Waals surface area contributed by atoms with Crippen molar-refractivity contribution in [3.8, 4) is 11.5 Å². The number of methoxy groups -OCH3 is 2. The van der Waals surface area contributed by atoms with Crippen LogP contribution in [-0.2, 0) is 26.2 Å². The number of hydrogen-bond acceptors (Lipinski definition) is 6. The molecule has 1 N–H and O–H groups in total. The van der Waals surface area contributed by atoms with Crippen LogP contribution in [0.4, 0.5) is 5.69 Å². The normalized spacial score (nSPS) is 11.9. The molecule has 0 bridgehead atoms. The zero-order valence-corrected chi connectivity index (χ0v) is 25.8. The van der Waals surface area contributed by atoms with Crippen molar-refractivity contribution >= 4 is 50.7 Å².